The van der Waals surface area contributed by atoms with E-state index < -0.39 is 0 Å². The van der Waals surface area contributed by atoms with Gasteiger partial charge in [-0.1, -0.05) is 24.3 Å². The summed E-state index contributed by atoms with van der Waals surface area (Å²) < 4.78 is 11.5. The Balaban J connectivity index is 1.42. The molecule has 2 aromatic carbocycles. The van der Waals surface area contributed by atoms with Crippen LogP contribution in [0.1, 0.15) is 21.3 Å². The fourth-order valence-corrected chi connectivity index (χ4v) is 5.75. The van der Waals surface area contributed by atoms with Gasteiger partial charge in [0.2, 0.25) is 0 Å². The first-order valence-electron chi connectivity index (χ1n) is 8.19. The molecule has 5 heteroatoms. The molecule has 0 N–H and O–H groups in total. The van der Waals surface area contributed by atoms with E-state index in [4.69, 9.17) is 9.15 Å². The first-order chi connectivity index (χ1) is 12.2. The molecular weight excluding hydrogens is 352 g/mol. The molecule has 25 heavy (non-hydrogen) atoms. The monoisotopic (exact) mass is 370 g/mol. The summed E-state index contributed by atoms with van der Waals surface area (Å²) in [4.78, 5) is 12.3. The van der Waals surface area contributed by atoms with Gasteiger partial charge in [0.15, 0.2) is 0 Å². The van der Waals surface area contributed by atoms with Crippen molar-refractivity contribution in [2.75, 3.05) is 11.5 Å². The number of ether oxygens (including phenoxy) is 1. The van der Waals surface area contributed by atoms with Crippen molar-refractivity contribution in [3.05, 3.63) is 65.4 Å². The number of furan rings is 1. The van der Waals surface area contributed by atoms with Gasteiger partial charge in [-0.05, 0) is 36.2 Å². The van der Waals surface area contributed by atoms with Crippen LogP contribution in [0.25, 0.3) is 11.0 Å². The smallest absolute Gasteiger partial charge is 0.315 e. The number of thioether (sulfide) groups is 2. The minimum atomic E-state index is -0.277. The van der Waals surface area contributed by atoms with Crippen molar-refractivity contribution in [3.63, 3.8) is 0 Å². The lowest BCUT2D eigenvalue weighted by Gasteiger charge is -2.09. The Morgan fingerprint density at radius 1 is 1.16 bits per heavy atom. The highest BCUT2D eigenvalue weighted by Gasteiger charge is 2.18. The molecule has 1 saturated heterocycles. The Morgan fingerprint density at radius 3 is 2.68 bits per heavy atom. The molecule has 0 unspecified atom stereocenters. The highest BCUT2D eigenvalue weighted by atomic mass is 32.2. The van der Waals surface area contributed by atoms with E-state index in [0.717, 1.165) is 22.1 Å². The lowest BCUT2D eigenvalue weighted by atomic mass is 10.1. The molecular formula is C20H18O3S2. The van der Waals surface area contributed by atoms with Gasteiger partial charge in [0.25, 0.3) is 0 Å². The van der Waals surface area contributed by atoms with Crippen molar-refractivity contribution in [1.82, 2.24) is 0 Å². The second-order valence-electron chi connectivity index (χ2n) is 6.05. The Hall–Kier alpha value is -1.85. The highest BCUT2D eigenvalue weighted by molar-refractivity contribution is 8.19. The number of hydrogen-bond acceptors (Lipinski definition) is 5. The van der Waals surface area contributed by atoms with Crippen LogP contribution in [-0.2, 0) is 11.2 Å². The molecule has 1 aliphatic rings. The molecule has 128 valence electrons. The van der Waals surface area contributed by atoms with Crippen LogP contribution in [0.2, 0.25) is 0 Å². The molecule has 3 aromatic rings. The van der Waals surface area contributed by atoms with Crippen molar-refractivity contribution < 1.29 is 13.9 Å². The Kier molecular flexibility index (Phi) is 4.77. The van der Waals surface area contributed by atoms with Crippen LogP contribution in [0.5, 0.6) is 5.75 Å². The van der Waals surface area contributed by atoms with Gasteiger partial charge in [0.05, 0.1) is 17.3 Å². The first kappa shape index (κ1) is 16.6. The Morgan fingerprint density at radius 2 is 1.92 bits per heavy atom. The van der Waals surface area contributed by atoms with Crippen molar-refractivity contribution in [1.29, 1.82) is 0 Å². The lowest BCUT2D eigenvalue weighted by Crippen LogP contribution is -2.11. The topological polar surface area (TPSA) is 39.4 Å². The van der Waals surface area contributed by atoms with E-state index in [1.165, 1.54) is 17.1 Å². The highest BCUT2D eigenvalue weighted by Crippen LogP contribution is 2.45. The summed E-state index contributed by atoms with van der Waals surface area (Å²) in [5.74, 6) is 2.71. The number of fused-ring (bicyclic) bond motifs is 1. The quantitative estimate of drug-likeness (QED) is 0.456. The number of aryl methyl sites for hydroxylation is 1. The van der Waals surface area contributed by atoms with Crippen molar-refractivity contribution >= 4 is 40.5 Å². The van der Waals surface area contributed by atoms with Crippen LogP contribution in [0.4, 0.5) is 0 Å². The van der Waals surface area contributed by atoms with Crippen LogP contribution in [0.15, 0.2) is 53.1 Å². The van der Waals surface area contributed by atoms with Crippen molar-refractivity contribution in [3.8, 4) is 5.75 Å². The van der Waals surface area contributed by atoms with E-state index in [0.29, 0.717) is 10.3 Å². The molecule has 1 aliphatic heterocycles. The summed E-state index contributed by atoms with van der Waals surface area (Å²) in [6.45, 7) is 2.02. The summed E-state index contributed by atoms with van der Waals surface area (Å²) in [6.07, 6.45) is 1.84. The van der Waals surface area contributed by atoms with Crippen LogP contribution in [0.3, 0.4) is 0 Å². The largest absolute Gasteiger partial charge is 0.464 e. The van der Waals surface area contributed by atoms with Gasteiger partial charge in [0.1, 0.15) is 11.3 Å². The summed E-state index contributed by atoms with van der Waals surface area (Å²) in [5, 5.41) is 0.966. The summed E-state index contributed by atoms with van der Waals surface area (Å²) in [5.41, 5.74) is 4.08. The number of carbonyl (C=O) groups is 1. The van der Waals surface area contributed by atoms with Gasteiger partial charge in [0, 0.05) is 22.5 Å². The van der Waals surface area contributed by atoms with Crippen LogP contribution >= 0.6 is 23.5 Å². The molecule has 0 saturated carbocycles. The van der Waals surface area contributed by atoms with E-state index in [1.807, 2.05) is 60.8 Å². The maximum atomic E-state index is 12.3. The minimum Gasteiger partial charge on any atom is -0.464 e. The molecule has 1 fully saturated rings. The van der Waals surface area contributed by atoms with E-state index in [1.54, 1.807) is 6.26 Å². The fourth-order valence-electron chi connectivity index (χ4n) is 2.89. The van der Waals surface area contributed by atoms with E-state index >= 15 is 0 Å². The van der Waals surface area contributed by atoms with Gasteiger partial charge in [-0.25, -0.2) is 0 Å². The second kappa shape index (κ2) is 7.18. The second-order valence-corrected chi connectivity index (χ2v) is 8.78. The number of rotatable bonds is 4. The normalized spacial score (nSPS) is 14.9. The van der Waals surface area contributed by atoms with E-state index in [9.17, 15) is 4.79 Å². The number of hydrogen-bond donors (Lipinski definition) is 0. The number of esters is 1. The molecule has 0 spiro atoms. The maximum Gasteiger partial charge on any atom is 0.315 e. The summed E-state index contributed by atoms with van der Waals surface area (Å²) in [6, 6.07) is 13.8. The molecule has 4 rings (SSSR count). The summed E-state index contributed by atoms with van der Waals surface area (Å²) in [7, 11) is 0. The zero-order chi connectivity index (χ0) is 17.2. The zero-order valence-corrected chi connectivity index (χ0v) is 15.5. The van der Waals surface area contributed by atoms with Crippen molar-refractivity contribution in [2.45, 2.75) is 17.9 Å². The fraction of sp³-hybridized carbons (Fsp3) is 0.250. The predicted octanol–water partition coefficient (Wildman–Crippen LogP) is 5.37. The van der Waals surface area contributed by atoms with Gasteiger partial charge >= 0.3 is 5.97 Å². The van der Waals surface area contributed by atoms with Crippen LogP contribution in [-0.4, -0.2) is 17.5 Å². The minimum absolute atomic E-state index is 0.201. The van der Waals surface area contributed by atoms with Crippen LogP contribution < -0.4 is 4.74 Å². The maximum absolute atomic E-state index is 12.3. The van der Waals surface area contributed by atoms with Crippen molar-refractivity contribution in [2.24, 2.45) is 0 Å². The molecule has 0 radical (unpaired) electrons. The Labute approximate surface area is 155 Å². The summed E-state index contributed by atoms with van der Waals surface area (Å²) >= 11 is 3.93. The standard InChI is InChI=1S/C20H18O3S2/c1-13-2-7-17-15(12-22-18(17)10-13)11-19(21)23-16-5-3-14(4-6-16)20-24-8-9-25-20/h2-7,10,12,20H,8-9,11H2,1H3. The third kappa shape index (κ3) is 3.72. The molecule has 0 amide bonds. The van der Waals surface area contributed by atoms with Gasteiger partial charge in [-0.3, -0.25) is 4.79 Å². The zero-order valence-electron chi connectivity index (χ0n) is 13.9. The van der Waals surface area contributed by atoms with E-state index in [2.05, 4.69) is 12.1 Å². The SMILES string of the molecule is Cc1ccc2c(CC(=O)Oc3ccc(C4SCCS4)cc3)coc2c1. The predicted molar refractivity (Wildman–Crippen MR) is 104 cm³/mol. The third-order valence-corrected chi connectivity index (χ3v) is 7.26. The Bertz CT molecular complexity index is 893. The van der Waals surface area contributed by atoms with Gasteiger partial charge < -0.3 is 9.15 Å². The molecule has 0 atom stereocenters. The van der Waals surface area contributed by atoms with Gasteiger partial charge in [-0.2, -0.15) is 0 Å². The number of benzene rings is 2. The molecule has 1 aromatic heterocycles. The number of carbonyl (C=O) groups excluding carboxylic acids is 1. The van der Waals surface area contributed by atoms with Crippen LogP contribution in [0, 0.1) is 6.92 Å². The van der Waals surface area contributed by atoms with Gasteiger partial charge in [-0.15, -0.1) is 23.5 Å². The molecule has 0 bridgehead atoms. The molecule has 0 aliphatic carbocycles. The average molecular weight is 370 g/mol. The van der Waals surface area contributed by atoms with E-state index in [-0.39, 0.29) is 12.4 Å². The average Bonchev–Trinajstić information content (AvgIpc) is 3.26. The molecule has 3 nitrogen and oxygen atoms in total. The molecule has 2 heterocycles. The third-order valence-electron chi connectivity index (χ3n) is 4.15. The first-order valence-corrected chi connectivity index (χ1v) is 10.3. The lowest BCUT2D eigenvalue weighted by molar-refractivity contribution is -0.133.